The summed E-state index contributed by atoms with van der Waals surface area (Å²) >= 11 is 0. The molecule has 0 aliphatic rings. The number of hydrogen-bond acceptors (Lipinski definition) is 10. The number of benzene rings is 12. The number of fused-ring (bicyclic) bond motifs is 24. The third kappa shape index (κ3) is 14.1. The van der Waals surface area contributed by atoms with Crippen molar-refractivity contribution in [1.82, 2.24) is 46.5 Å². The smallest absolute Gasteiger partial charge is 0.213 e. The molecule has 0 unspecified atom stereocenters. The van der Waals surface area contributed by atoms with E-state index in [1.807, 2.05) is 177 Å². The van der Waals surface area contributed by atoms with E-state index in [2.05, 4.69) is 290 Å². The van der Waals surface area contributed by atoms with Crippen molar-refractivity contribution in [3.05, 3.63) is 426 Å². The van der Waals surface area contributed by atoms with Crippen LogP contribution in [0.15, 0.2) is 462 Å². The average Bonchev–Trinajstić information content (AvgIpc) is 1.58. The molecular formula is C122H94N10O8. The van der Waals surface area contributed by atoms with Crippen LogP contribution >= 0.6 is 0 Å². The Morgan fingerprint density at radius 1 is 0.164 bits per heavy atom. The largest absolute Gasteiger partial charge is 0.447 e. The van der Waals surface area contributed by atoms with Gasteiger partial charge in [0.25, 0.3) is 0 Å². The molecule has 0 radical (unpaired) electrons. The predicted molar refractivity (Wildman–Crippen MR) is 570 cm³/mol. The molecular weight excluding hydrogens is 1730 g/mol. The summed E-state index contributed by atoms with van der Waals surface area (Å²) in [6, 6.07) is 127. The maximum absolute atomic E-state index is 6.03. The number of aromatic nitrogens is 10. The van der Waals surface area contributed by atoms with E-state index in [0.29, 0.717) is 0 Å². The van der Waals surface area contributed by atoms with E-state index in [1.54, 1.807) is 56.3 Å². The minimum Gasteiger partial charge on any atom is -0.447 e. The zero-order valence-electron chi connectivity index (χ0n) is 78.2. The van der Waals surface area contributed by atoms with E-state index in [4.69, 9.17) is 40.3 Å². The standard InChI is InChI=1S/C32H20N2O2.C31H19N3O2.C26H16N2O2.C25H15N3O2.4C2H6/c1-2-7-21(8-3-1)22-9-6-10-23(19-22)33-30-14-13-24(20-28(30)27-16-18-36-32(27)33)34-29-12-5-4-11-25(29)26-15-17-35-31(26)34;1-2-7-20(8-3-1)26-10-6-12-29(32-26)34-28-14-13-21(19-25(28)24-16-18-36-31(24)34)33-27-11-5-4-9-22(27)23-15-17-35-30(23)33;1-2-6-17(7-3-1)27-24-11-10-18(16-22(24)21-13-15-30-26(21)27)28-23-9-5-4-8-19(23)20-12-14-29-25(20)28;1-2-6-21-17(5-1)18-10-13-29-24(18)27(21)16-8-9-22-20(15-16)19-11-14-30-25(19)28(22)23-7-3-4-12-26-23;4*1-2/h1-20H;1-19H;1-16H;1-15H;4*1-2H3. The predicted octanol–water partition coefficient (Wildman–Crippen LogP) is 34.5. The molecule has 680 valence electrons. The summed E-state index contributed by atoms with van der Waals surface area (Å²) in [4.78, 5) is 9.53. The molecule has 30 aromatic rings. The minimum atomic E-state index is 0.778. The Balaban J connectivity index is 0.000000102. The highest BCUT2D eigenvalue weighted by Gasteiger charge is 2.27. The highest BCUT2D eigenvalue weighted by Crippen LogP contribution is 2.45. The van der Waals surface area contributed by atoms with Crippen LogP contribution < -0.4 is 0 Å². The lowest BCUT2D eigenvalue weighted by Gasteiger charge is -2.10. The van der Waals surface area contributed by atoms with Crippen LogP contribution in [0.25, 0.3) is 244 Å². The van der Waals surface area contributed by atoms with Gasteiger partial charge in [0.1, 0.15) is 11.6 Å². The van der Waals surface area contributed by atoms with Crippen LogP contribution in [-0.4, -0.2) is 46.5 Å². The first kappa shape index (κ1) is 85.7. The molecule has 18 heteroatoms. The summed E-state index contributed by atoms with van der Waals surface area (Å²) in [7, 11) is 0. The number of para-hydroxylation sites is 5. The van der Waals surface area contributed by atoms with Gasteiger partial charge in [0.05, 0.1) is 99.9 Å². The fourth-order valence-electron chi connectivity index (χ4n) is 20.0. The van der Waals surface area contributed by atoms with E-state index in [1.165, 1.54) is 32.7 Å². The second kappa shape index (κ2) is 36.4. The van der Waals surface area contributed by atoms with Crippen molar-refractivity contribution >= 4 is 176 Å². The second-order valence-corrected chi connectivity index (χ2v) is 32.9. The first-order chi connectivity index (χ1) is 69.5. The Morgan fingerprint density at radius 3 is 0.764 bits per heavy atom. The van der Waals surface area contributed by atoms with Crippen molar-refractivity contribution in [3.8, 4) is 68.1 Å². The monoisotopic (exact) mass is 1830 g/mol. The van der Waals surface area contributed by atoms with Gasteiger partial charge in [-0.15, -0.1) is 0 Å². The lowest BCUT2D eigenvalue weighted by molar-refractivity contribution is 0.594. The molecule has 12 aromatic carbocycles. The zero-order chi connectivity index (χ0) is 94.6. The third-order valence-corrected chi connectivity index (χ3v) is 25.7. The Bertz CT molecular complexity index is 9160. The van der Waals surface area contributed by atoms with E-state index in [-0.39, 0.29) is 0 Å². The summed E-state index contributed by atoms with van der Waals surface area (Å²) in [5.41, 5.74) is 26.2. The highest BCUT2D eigenvalue weighted by atomic mass is 16.4. The van der Waals surface area contributed by atoms with E-state index in [0.717, 1.165) is 211 Å². The van der Waals surface area contributed by atoms with Crippen LogP contribution in [-0.2, 0) is 0 Å². The van der Waals surface area contributed by atoms with Crippen molar-refractivity contribution in [2.45, 2.75) is 55.4 Å². The molecule has 0 saturated carbocycles. The van der Waals surface area contributed by atoms with Crippen molar-refractivity contribution < 1.29 is 35.3 Å². The van der Waals surface area contributed by atoms with Crippen LogP contribution in [0.2, 0.25) is 0 Å². The van der Waals surface area contributed by atoms with Crippen LogP contribution in [0, 0.1) is 0 Å². The molecule has 0 amide bonds. The SMILES string of the molecule is CC.CC.CC.CC.c1ccc(-c2cccc(-n3c4ccc(-n5c6ccccc6c6ccoc65)cc4c4ccoc43)c2)cc1.c1ccc(-c2cccc(-n3c4ccc(-n5c6ccccc6c6ccoc65)cc4c4ccoc43)n2)cc1.c1ccc(-n2c3ccc(-n4c5ccccc5c5ccoc54)cc3c3ccoc32)cc1.c1ccc(-n2c3ccc(-n4c5ccccc5c5ccoc54)cc3c3ccoc32)nc1. The molecule has 18 heterocycles. The zero-order valence-corrected chi connectivity index (χ0v) is 78.2. The fraction of sp³-hybridized carbons (Fsp3) is 0.0656. The molecule has 18 aromatic heterocycles. The maximum Gasteiger partial charge on any atom is 0.213 e. The minimum absolute atomic E-state index is 0.778. The second-order valence-electron chi connectivity index (χ2n) is 32.9. The number of furan rings is 8. The third-order valence-electron chi connectivity index (χ3n) is 25.7. The van der Waals surface area contributed by atoms with Crippen molar-refractivity contribution in [3.63, 3.8) is 0 Å². The Morgan fingerprint density at radius 2 is 0.414 bits per heavy atom. The molecule has 0 bridgehead atoms. The summed E-state index contributed by atoms with van der Waals surface area (Å²) < 4.78 is 64.7. The fourth-order valence-corrected chi connectivity index (χ4v) is 20.0. The summed E-state index contributed by atoms with van der Waals surface area (Å²) in [5.74, 6) is 1.65. The number of rotatable bonds is 10. The lowest BCUT2D eigenvalue weighted by atomic mass is 10.1. The van der Waals surface area contributed by atoms with Crippen LogP contribution in [0.1, 0.15) is 55.4 Å². The first-order valence-corrected chi connectivity index (χ1v) is 47.6. The van der Waals surface area contributed by atoms with E-state index >= 15 is 0 Å². The molecule has 0 fully saturated rings. The molecule has 0 atom stereocenters. The number of hydrogen-bond donors (Lipinski definition) is 0. The normalized spacial score (nSPS) is 11.4. The summed E-state index contributed by atoms with van der Waals surface area (Å²) in [5, 5.41) is 18.0. The van der Waals surface area contributed by atoms with Gasteiger partial charge in [-0.3, -0.25) is 36.5 Å². The number of pyridine rings is 2. The molecule has 0 aliphatic carbocycles. The quantitative estimate of drug-likeness (QED) is 0.128. The molecule has 0 saturated heterocycles. The first-order valence-electron chi connectivity index (χ1n) is 47.6. The highest BCUT2D eigenvalue weighted by molar-refractivity contribution is 6.16. The van der Waals surface area contributed by atoms with Gasteiger partial charge in [-0.2, -0.15) is 0 Å². The molecule has 140 heavy (non-hydrogen) atoms. The average molecular weight is 1830 g/mol. The maximum atomic E-state index is 6.03. The molecule has 0 aliphatic heterocycles. The van der Waals surface area contributed by atoms with Gasteiger partial charge in [-0.05, 0) is 205 Å². The van der Waals surface area contributed by atoms with Gasteiger partial charge >= 0.3 is 0 Å². The number of nitrogens with zero attached hydrogens (tertiary/aromatic N) is 10. The molecule has 0 spiro atoms. The lowest BCUT2D eigenvalue weighted by Crippen LogP contribution is -1.98. The van der Waals surface area contributed by atoms with Crippen LogP contribution in [0.3, 0.4) is 0 Å². The van der Waals surface area contributed by atoms with E-state index < -0.39 is 0 Å². The van der Waals surface area contributed by atoms with Gasteiger partial charge in [0.2, 0.25) is 45.7 Å². The molecule has 30 rings (SSSR count). The Kier molecular flexibility index (Phi) is 22.3. The molecule has 0 N–H and O–H groups in total. The van der Waals surface area contributed by atoms with Gasteiger partial charge < -0.3 is 35.3 Å². The van der Waals surface area contributed by atoms with Gasteiger partial charge in [0.15, 0.2) is 0 Å². The van der Waals surface area contributed by atoms with Crippen molar-refractivity contribution in [2.75, 3.05) is 0 Å². The van der Waals surface area contributed by atoms with Gasteiger partial charge in [0, 0.05) is 132 Å². The summed E-state index contributed by atoms with van der Waals surface area (Å²) in [6.45, 7) is 16.0. The summed E-state index contributed by atoms with van der Waals surface area (Å²) in [6.07, 6.45) is 15.8. The van der Waals surface area contributed by atoms with Gasteiger partial charge in [-0.1, -0.05) is 231 Å². The van der Waals surface area contributed by atoms with Gasteiger partial charge in [-0.25, -0.2) is 9.97 Å². The van der Waals surface area contributed by atoms with Crippen molar-refractivity contribution in [2.24, 2.45) is 0 Å². The Labute approximate surface area is 802 Å². The van der Waals surface area contributed by atoms with Crippen molar-refractivity contribution in [1.29, 1.82) is 0 Å². The van der Waals surface area contributed by atoms with Crippen LogP contribution in [0.4, 0.5) is 0 Å². The van der Waals surface area contributed by atoms with Crippen LogP contribution in [0.5, 0.6) is 0 Å². The topological polar surface area (TPSA) is 170 Å². The Hall–Kier alpha value is -18.4. The molecule has 18 nitrogen and oxygen atoms in total. The van der Waals surface area contributed by atoms with E-state index in [9.17, 15) is 0 Å².